The van der Waals surface area contributed by atoms with Crippen LogP contribution in [0, 0.1) is 0 Å². The molecule has 0 saturated heterocycles. The Morgan fingerprint density at radius 2 is 1.85 bits per heavy atom. The highest BCUT2D eigenvalue weighted by molar-refractivity contribution is 5.70. The Balaban J connectivity index is 2.77. The number of imidazole rings is 1. The van der Waals surface area contributed by atoms with Crippen LogP contribution in [0.15, 0.2) is 15.9 Å². The second-order valence-corrected chi connectivity index (χ2v) is 4.81. The smallest absolute Gasteiger partial charge is 0.326 e. The fraction of sp³-hybridized carbons (Fsp3) is 0.615. The fourth-order valence-electron chi connectivity index (χ4n) is 2.32. The number of aromatic nitrogens is 4. The van der Waals surface area contributed by atoms with E-state index in [0.717, 1.165) is 6.42 Å². The van der Waals surface area contributed by atoms with Crippen molar-refractivity contribution in [2.75, 3.05) is 0 Å². The minimum Gasteiger partial charge on any atom is -0.326 e. The SMILES string of the molecule is CCC(N)Cn1cnc2c1c(=O)n(CC)c(=O)n2CC. The highest BCUT2D eigenvalue weighted by Crippen LogP contribution is 2.08. The summed E-state index contributed by atoms with van der Waals surface area (Å²) in [6.45, 7) is 6.99. The highest BCUT2D eigenvalue weighted by atomic mass is 16.2. The fourth-order valence-corrected chi connectivity index (χ4v) is 2.32. The van der Waals surface area contributed by atoms with E-state index in [9.17, 15) is 9.59 Å². The topological polar surface area (TPSA) is 87.8 Å². The van der Waals surface area contributed by atoms with Crippen molar-refractivity contribution in [1.82, 2.24) is 18.7 Å². The number of hydrogen-bond donors (Lipinski definition) is 1. The van der Waals surface area contributed by atoms with Gasteiger partial charge in [0, 0.05) is 25.7 Å². The number of fused-ring (bicyclic) bond motifs is 1. The van der Waals surface area contributed by atoms with Gasteiger partial charge in [-0.2, -0.15) is 0 Å². The molecule has 0 aliphatic carbocycles. The second kappa shape index (κ2) is 5.62. The Hall–Kier alpha value is -1.89. The number of hydrogen-bond acceptors (Lipinski definition) is 4. The van der Waals surface area contributed by atoms with Gasteiger partial charge in [0.1, 0.15) is 0 Å². The lowest BCUT2D eigenvalue weighted by Gasteiger charge is -2.12. The molecule has 2 aromatic heterocycles. The molecule has 0 saturated carbocycles. The van der Waals surface area contributed by atoms with Crippen molar-refractivity contribution in [2.45, 2.75) is 52.9 Å². The van der Waals surface area contributed by atoms with Gasteiger partial charge in [-0.25, -0.2) is 9.78 Å². The zero-order valence-corrected chi connectivity index (χ0v) is 12.2. The van der Waals surface area contributed by atoms with Crippen LogP contribution in [0.5, 0.6) is 0 Å². The molecule has 0 aromatic carbocycles. The van der Waals surface area contributed by atoms with Crippen LogP contribution in [0.2, 0.25) is 0 Å². The summed E-state index contributed by atoms with van der Waals surface area (Å²) in [6, 6.07) is -0.0381. The van der Waals surface area contributed by atoms with Crippen LogP contribution in [-0.2, 0) is 19.6 Å². The molecule has 1 atom stereocenters. The van der Waals surface area contributed by atoms with E-state index < -0.39 is 0 Å². The van der Waals surface area contributed by atoms with Crippen LogP contribution in [0.25, 0.3) is 11.2 Å². The molecular weight excluding hydrogens is 258 g/mol. The van der Waals surface area contributed by atoms with Crippen LogP contribution in [-0.4, -0.2) is 24.7 Å². The minimum atomic E-state index is -0.308. The molecule has 0 bridgehead atoms. The number of nitrogens with two attached hydrogens (primary N) is 1. The van der Waals surface area contributed by atoms with Crippen molar-refractivity contribution in [3.63, 3.8) is 0 Å². The van der Waals surface area contributed by atoms with Gasteiger partial charge in [-0.3, -0.25) is 13.9 Å². The van der Waals surface area contributed by atoms with Crippen molar-refractivity contribution in [2.24, 2.45) is 5.73 Å². The quantitative estimate of drug-likeness (QED) is 0.843. The minimum absolute atomic E-state index is 0.0381. The third-order valence-corrected chi connectivity index (χ3v) is 3.57. The summed E-state index contributed by atoms with van der Waals surface area (Å²) < 4.78 is 4.51. The van der Waals surface area contributed by atoms with Gasteiger partial charge in [-0.05, 0) is 20.3 Å². The van der Waals surface area contributed by atoms with Crippen molar-refractivity contribution in [3.05, 3.63) is 27.2 Å². The third-order valence-electron chi connectivity index (χ3n) is 3.57. The zero-order chi connectivity index (χ0) is 14.9. The second-order valence-electron chi connectivity index (χ2n) is 4.81. The Bertz CT molecular complexity index is 725. The standard InChI is InChI=1S/C13H21N5O2/c1-4-9(14)7-16-8-15-11-10(16)12(19)18(6-3)13(20)17(11)5-2/h8-9H,4-7,14H2,1-3H3. The Morgan fingerprint density at radius 1 is 1.20 bits per heavy atom. The van der Waals surface area contributed by atoms with Crippen LogP contribution in [0.1, 0.15) is 27.2 Å². The largest absolute Gasteiger partial charge is 0.332 e. The molecule has 1 unspecified atom stereocenters. The molecule has 2 rings (SSSR count). The molecule has 2 N–H and O–H groups in total. The molecule has 2 heterocycles. The Labute approximate surface area is 116 Å². The first-order valence-electron chi connectivity index (χ1n) is 6.99. The molecule has 2 aromatic rings. The molecule has 0 spiro atoms. The van der Waals surface area contributed by atoms with E-state index >= 15 is 0 Å². The van der Waals surface area contributed by atoms with Gasteiger partial charge in [0.05, 0.1) is 6.33 Å². The van der Waals surface area contributed by atoms with E-state index in [1.807, 2.05) is 13.8 Å². The highest BCUT2D eigenvalue weighted by Gasteiger charge is 2.17. The van der Waals surface area contributed by atoms with E-state index in [4.69, 9.17) is 5.73 Å². The van der Waals surface area contributed by atoms with Gasteiger partial charge in [-0.1, -0.05) is 6.92 Å². The molecule has 0 amide bonds. The summed E-state index contributed by atoms with van der Waals surface area (Å²) >= 11 is 0. The maximum atomic E-state index is 12.4. The summed E-state index contributed by atoms with van der Waals surface area (Å²) in [4.78, 5) is 28.9. The predicted octanol–water partition coefficient (Wildman–Crippen LogP) is 0.137. The first-order valence-corrected chi connectivity index (χ1v) is 6.99. The van der Waals surface area contributed by atoms with E-state index in [0.29, 0.717) is 30.8 Å². The van der Waals surface area contributed by atoms with Gasteiger partial charge in [0.2, 0.25) is 0 Å². The molecule has 0 fully saturated rings. The predicted molar refractivity (Wildman–Crippen MR) is 77.9 cm³/mol. The lowest BCUT2D eigenvalue weighted by Crippen LogP contribution is -2.40. The van der Waals surface area contributed by atoms with Gasteiger partial charge < -0.3 is 10.3 Å². The molecular formula is C13H21N5O2. The molecule has 0 radical (unpaired) electrons. The van der Waals surface area contributed by atoms with Crippen molar-refractivity contribution < 1.29 is 0 Å². The molecule has 7 nitrogen and oxygen atoms in total. The maximum absolute atomic E-state index is 12.4. The summed E-state index contributed by atoms with van der Waals surface area (Å²) in [5.41, 5.74) is 6.24. The van der Waals surface area contributed by atoms with Gasteiger partial charge >= 0.3 is 5.69 Å². The number of rotatable bonds is 5. The average molecular weight is 279 g/mol. The van der Waals surface area contributed by atoms with Gasteiger partial charge in [-0.15, -0.1) is 0 Å². The van der Waals surface area contributed by atoms with E-state index in [-0.39, 0.29) is 17.3 Å². The monoisotopic (exact) mass is 279 g/mol. The number of nitrogens with zero attached hydrogens (tertiary/aromatic N) is 4. The normalized spacial score (nSPS) is 13.0. The van der Waals surface area contributed by atoms with Crippen molar-refractivity contribution in [1.29, 1.82) is 0 Å². The summed E-state index contributed by atoms with van der Waals surface area (Å²) in [6.07, 6.45) is 2.41. The summed E-state index contributed by atoms with van der Waals surface area (Å²) in [5.74, 6) is 0. The zero-order valence-electron chi connectivity index (χ0n) is 12.2. The molecule has 0 aliphatic rings. The lowest BCUT2D eigenvalue weighted by atomic mass is 10.2. The first kappa shape index (κ1) is 14.5. The summed E-state index contributed by atoms with van der Waals surface area (Å²) in [5, 5.41) is 0. The Morgan fingerprint density at radius 3 is 2.40 bits per heavy atom. The van der Waals surface area contributed by atoms with E-state index in [2.05, 4.69) is 4.98 Å². The summed E-state index contributed by atoms with van der Waals surface area (Å²) in [7, 11) is 0. The van der Waals surface area contributed by atoms with Gasteiger partial charge in [0.15, 0.2) is 11.2 Å². The van der Waals surface area contributed by atoms with E-state index in [1.54, 1.807) is 17.8 Å². The van der Waals surface area contributed by atoms with Crippen molar-refractivity contribution >= 4 is 11.2 Å². The lowest BCUT2D eigenvalue weighted by molar-refractivity contribution is 0.543. The maximum Gasteiger partial charge on any atom is 0.332 e. The van der Waals surface area contributed by atoms with Crippen molar-refractivity contribution in [3.8, 4) is 0 Å². The molecule has 110 valence electrons. The number of aryl methyl sites for hydroxylation is 1. The van der Waals surface area contributed by atoms with Crippen LogP contribution in [0.3, 0.4) is 0 Å². The third kappa shape index (κ3) is 2.18. The Kier molecular flexibility index (Phi) is 4.08. The molecule has 20 heavy (non-hydrogen) atoms. The average Bonchev–Trinajstić information content (AvgIpc) is 2.83. The molecule has 0 aliphatic heterocycles. The van der Waals surface area contributed by atoms with E-state index in [1.165, 1.54) is 9.13 Å². The van der Waals surface area contributed by atoms with Gasteiger partial charge in [0.25, 0.3) is 5.56 Å². The van der Waals surface area contributed by atoms with Crippen LogP contribution < -0.4 is 17.0 Å². The van der Waals surface area contributed by atoms with Crippen LogP contribution >= 0.6 is 0 Å². The van der Waals surface area contributed by atoms with Crippen LogP contribution in [0.4, 0.5) is 0 Å². The first-order chi connectivity index (χ1) is 9.54. The molecule has 7 heteroatoms.